The van der Waals surface area contributed by atoms with Gasteiger partial charge in [0, 0.05) is 19.4 Å². The summed E-state index contributed by atoms with van der Waals surface area (Å²) in [7, 11) is 0. The zero-order chi connectivity index (χ0) is 14.5. The Labute approximate surface area is 115 Å². The fourth-order valence-electron chi connectivity index (χ4n) is 2.00. The molecule has 0 aromatic rings. The molecule has 1 aliphatic rings. The SMILES string of the molecule is CCCCOC1CC(C=O)(NC(=O)OC(C)(C)C)C1. The van der Waals surface area contributed by atoms with E-state index in [-0.39, 0.29) is 6.10 Å². The van der Waals surface area contributed by atoms with Crippen molar-refractivity contribution in [3.8, 4) is 0 Å². The summed E-state index contributed by atoms with van der Waals surface area (Å²) in [4.78, 5) is 22.8. The lowest BCUT2D eigenvalue weighted by Gasteiger charge is -2.43. The highest BCUT2D eigenvalue weighted by Gasteiger charge is 2.46. The van der Waals surface area contributed by atoms with Crippen LogP contribution in [0.5, 0.6) is 0 Å². The second-order valence-corrected chi connectivity index (χ2v) is 6.16. The Morgan fingerprint density at radius 1 is 1.42 bits per heavy atom. The molecule has 1 aliphatic carbocycles. The molecule has 0 spiro atoms. The molecule has 1 rings (SSSR count). The molecule has 0 heterocycles. The number of aldehydes is 1. The van der Waals surface area contributed by atoms with Crippen LogP contribution in [0.1, 0.15) is 53.4 Å². The van der Waals surface area contributed by atoms with Gasteiger partial charge in [-0.25, -0.2) is 4.79 Å². The Hall–Kier alpha value is -1.10. The van der Waals surface area contributed by atoms with Gasteiger partial charge >= 0.3 is 6.09 Å². The number of rotatable bonds is 6. The van der Waals surface area contributed by atoms with Gasteiger partial charge in [-0.1, -0.05) is 13.3 Å². The van der Waals surface area contributed by atoms with Crippen LogP contribution in [0, 0.1) is 0 Å². The summed E-state index contributed by atoms with van der Waals surface area (Å²) >= 11 is 0. The highest BCUT2D eigenvalue weighted by molar-refractivity contribution is 5.77. The Morgan fingerprint density at radius 3 is 2.53 bits per heavy atom. The van der Waals surface area contributed by atoms with E-state index in [0.29, 0.717) is 19.4 Å². The summed E-state index contributed by atoms with van der Waals surface area (Å²) in [5, 5.41) is 2.65. The molecule has 5 nitrogen and oxygen atoms in total. The lowest BCUT2D eigenvalue weighted by Crippen LogP contribution is -2.61. The Bertz CT molecular complexity index is 316. The Kier molecular flexibility index (Phi) is 5.35. The molecule has 110 valence electrons. The van der Waals surface area contributed by atoms with Gasteiger partial charge in [0.2, 0.25) is 0 Å². The second kappa shape index (κ2) is 6.37. The summed E-state index contributed by atoms with van der Waals surface area (Å²) in [6, 6.07) is 0. The summed E-state index contributed by atoms with van der Waals surface area (Å²) in [5.74, 6) is 0. The van der Waals surface area contributed by atoms with Crippen LogP contribution < -0.4 is 5.32 Å². The van der Waals surface area contributed by atoms with E-state index in [1.165, 1.54) is 0 Å². The highest BCUT2D eigenvalue weighted by atomic mass is 16.6. The van der Waals surface area contributed by atoms with Gasteiger partial charge in [0.1, 0.15) is 17.4 Å². The van der Waals surface area contributed by atoms with Crippen molar-refractivity contribution < 1.29 is 19.1 Å². The molecule has 0 unspecified atom stereocenters. The molecule has 1 amide bonds. The van der Waals surface area contributed by atoms with E-state index >= 15 is 0 Å². The molecule has 0 aromatic heterocycles. The zero-order valence-electron chi connectivity index (χ0n) is 12.3. The van der Waals surface area contributed by atoms with Crippen molar-refractivity contribution in [1.29, 1.82) is 0 Å². The minimum Gasteiger partial charge on any atom is -0.444 e. The normalized spacial score (nSPS) is 26.4. The molecule has 0 radical (unpaired) electrons. The van der Waals surface area contributed by atoms with Crippen LogP contribution in [-0.2, 0) is 14.3 Å². The first kappa shape index (κ1) is 16.0. The monoisotopic (exact) mass is 271 g/mol. The average molecular weight is 271 g/mol. The maximum absolute atomic E-state index is 11.7. The van der Waals surface area contributed by atoms with Crippen LogP contribution in [0.3, 0.4) is 0 Å². The third-order valence-corrected chi connectivity index (χ3v) is 3.01. The summed E-state index contributed by atoms with van der Waals surface area (Å²) in [6.07, 6.45) is 3.46. The molecule has 1 fully saturated rings. The number of ether oxygens (including phenoxy) is 2. The fraction of sp³-hybridized carbons (Fsp3) is 0.857. The molecular weight excluding hydrogens is 246 g/mol. The first-order valence-electron chi connectivity index (χ1n) is 6.89. The number of carbonyl (C=O) groups is 2. The summed E-state index contributed by atoms with van der Waals surface area (Å²) < 4.78 is 10.8. The molecule has 19 heavy (non-hydrogen) atoms. The van der Waals surface area contributed by atoms with E-state index in [9.17, 15) is 9.59 Å². The van der Waals surface area contributed by atoms with Gasteiger partial charge in [0.15, 0.2) is 0 Å². The van der Waals surface area contributed by atoms with Crippen LogP contribution in [-0.4, -0.2) is 36.2 Å². The van der Waals surface area contributed by atoms with E-state index < -0.39 is 17.2 Å². The number of amides is 1. The maximum atomic E-state index is 11.7. The number of hydrogen-bond acceptors (Lipinski definition) is 4. The third-order valence-electron chi connectivity index (χ3n) is 3.01. The van der Waals surface area contributed by atoms with Crippen molar-refractivity contribution in [3.63, 3.8) is 0 Å². The Morgan fingerprint density at radius 2 is 2.05 bits per heavy atom. The smallest absolute Gasteiger partial charge is 0.408 e. The average Bonchev–Trinajstić information content (AvgIpc) is 2.22. The fourth-order valence-corrected chi connectivity index (χ4v) is 2.00. The van der Waals surface area contributed by atoms with Crippen molar-refractivity contribution in [2.24, 2.45) is 0 Å². The topological polar surface area (TPSA) is 64.6 Å². The molecular formula is C14H25NO4. The number of alkyl carbamates (subject to hydrolysis) is 1. The molecule has 0 atom stereocenters. The standard InChI is InChI=1S/C14H25NO4/c1-5-6-7-18-11-8-14(9-11,10-16)15-12(17)19-13(2,3)4/h10-11H,5-9H2,1-4H3,(H,15,17). The van der Waals surface area contributed by atoms with Crippen molar-refractivity contribution in [1.82, 2.24) is 5.32 Å². The lowest BCUT2D eigenvalue weighted by atomic mass is 9.75. The zero-order valence-corrected chi connectivity index (χ0v) is 12.3. The Balaban J connectivity index is 2.35. The van der Waals surface area contributed by atoms with E-state index in [1.54, 1.807) is 20.8 Å². The number of hydrogen-bond donors (Lipinski definition) is 1. The third kappa shape index (κ3) is 5.19. The minimum atomic E-state index is -0.806. The van der Waals surface area contributed by atoms with Crippen molar-refractivity contribution >= 4 is 12.4 Å². The lowest BCUT2D eigenvalue weighted by molar-refractivity contribution is -0.125. The van der Waals surface area contributed by atoms with Crippen LogP contribution >= 0.6 is 0 Å². The van der Waals surface area contributed by atoms with Gasteiger partial charge < -0.3 is 19.6 Å². The van der Waals surface area contributed by atoms with Crippen molar-refractivity contribution in [3.05, 3.63) is 0 Å². The molecule has 0 aromatic carbocycles. The first-order chi connectivity index (χ1) is 8.80. The predicted octanol–water partition coefficient (Wildman–Crippen LogP) is 2.43. The molecule has 0 saturated heterocycles. The van der Waals surface area contributed by atoms with E-state index in [1.807, 2.05) is 0 Å². The predicted molar refractivity (Wildman–Crippen MR) is 72.0 cm³/mol. The van der Waals surface area contributed by atoms with Gasteiger partial charge in [0.05, 0.1) is 6.10 Å². The van der Waals surface area contributed by atoms with Gasteiger partial charge in [-0.15, -0.1) is 0 Å². The van der Waals surface area contributed by atoms with Crippen molar-refractivity contribution in [2.45, 2.75) is 70.6 Å². The van der Waals surface area contributed by atoms with Crippen molar-refractivity contribution in [2.75, 3.05) is 6.61 Å². The van der Waals surface area contributed by atoms with Crippen LogP contribution in [0.2, 0.25) is 0 Å². The molecule has 1 saturated carbocycles. The van der Waals surface area contributed by atoms with Crippen LogP contribution in [0.4, 0.5) is 4.79 Å². The molecule has 5 heteroatoms. The van der Waals surface area contributed by atoms with Crippen LogP contribution in [0.15, 0.2) is 0 Å². The number of carbonyl (C=O) groups excluding carboxylic acids is 2. The number of nitrogens with one attached hydrogen (secondary N) is 1. The van der Waals surface area contributed by atoms with Gasteiger partial charge in [-0.05, 0) is 27.2 Å². The number of unbranched alkanes of at least 4 members (excludes halogenated alkanes) is 1. The second-order valence-electron chi connectivity index (χ2n) is 6.16. The van der Waals surface area contributed by atoms with E-state index in [2.05, 4.69) is 12.2 Å². The molecule has 1 N–H and O–H groups in total. The first-order valence-corrected chi connectivity index (χ1v) is 6.89. The largest absolute Gasteiger partial charge is 0.444 e. The summed E-state index contributed by atoms with van der Waals surface area (Å²) in [5.41, 5.74) is -1.37. The van der Waals surface area contributed by atoms with Crippen LogP contribution in [0.25, 0.3) is 0 Å². The van der Waals surface area contributed by atoms with Gasteiger partial charge in [-0.3, -0.25) is 0 Å². The molecule has 0 aliphatic heterocycles. The maximum Gasteiger partial charge on any atom is 0.408 e. The quantitative estimate of drug-likeness (QED) is 0.595. The van der Waals surface area contributed by atoms with Gasteiger partial charge in [0.25, 0.3) is 0 Å². The van der Waals surface area contributed by atoms with E-state index in [4.69, 9.17) is 9.47 Å². The van der Waals surface area contributed by atoms with Gasteiger partial charge in [-0.2, -0.15) is 0 Å². The molecule has 0 bridgehead atoms. The summed E-state index contributed by atoms with van der Waals surface area (Å²) in [6.45, 7) is 8.18. The minimum absolute atomic E-state index is 0.0617. The highest BCUT2D eigenvalue weighted by Crippen LogP contribution is 2.33. The van der Waals surface area contributed by atoms with E-state index in [0.717, 1.165) is 19.1 Å².